The van der Waals surface area contributed by atoms with E-state index >= 15 is 0 Å². The maximum atomic E-state index is 9.71. The van der Waals surface area contributed by atoms with E-state index in [9.17, 15) is 4.79 Å². The van der Waals surface area contributed by atoms with E-state index in [1.807, 2.05) is 6.92 Å². The summed E-state index contributed by atoms with van der Waals surface area (Å²) in [5, 5.41) is 0. The predicted octanol–water partition coefficient (Wildman–Crippen LogP) is 0.985. The highest BCUT2D eigenvalue weighted by Gasteiger charge is 1.66. The fourth-order valence-corrected chi connectivity index (χ4v) is 0.102. The van der Waals surface area contributed by atoms with E-state index in [1.165, 1.54) is 0 Å². The van der Waals surface area contributed by atoms with E-state index in [0.717, 1.165) is 6.42 Å². The second kappa shape index (κ2) is 3.67. The highest BCUT2D eigenvalue weighted by Crippen LogP contribution is 1.74. The van der Waals surface area contributed by atoms with Crippen LogP contribution in [0.5, 0.6) is 0 Å². The molecule has 0 radical (unpaired) electrons. The molecule has 0 amide bonds. The second-order valence-corrected chi connectivity index (χ2v) is 0.894. The summed E-state index contributed by atoms with van der Waals surface area (Å²) in [4.78, 5) is 9.71. The van der Waals surface area contributed by atoms with Crippen molar-refractivity contribution >= 4 is 6.26 Å². The lowest BCUT2D eigenvalue weighted by Gasteiger charge is -1.68. The van der Waals surface area contributed by atoms with Gasteiger partial charge < -0.3 is 4.79 Å². The van der Waals surface area contributed by atoms with Crippen molar-refractivity contribution in [3.05, 3.63) is 0 Å². The molecule has 0 aliphatic rings. The van der Waals surface area contributed by atoms with E-state index in [-0.39, 0.29) is 0 Å². The van der Waals surface area contributed by atoms with Gasteiger partial charge in [-0.2, -0.15) is 0 Å². The van der Waals surface area contributed by atoms with Gasteiger partial charge in [0.05, 0.1) is 0 Å². The molecule has 1 nitrogen and oxygen atoms in total. The molecule has 0 N–H and O–H groups in total. The maximum Gasteiger partial charge on any atom is 0.119 e. The van der Waals surface area contributed by atoms with Gasteiger partial charge in [-0.25, -0.2) is 0 Å². The molecular weight excluding hydrogens is 64.0 g/mol. The number of carbonyl (C=O) groups is 1. The van der Waals surface area contributed by atoms with Gasteiger partial charge in [-0.05, 0) is 6.42 Å². The van der Waals surface area contributed by atoms with Crippen LogP contribution in [0.4, 0.5) is 0 Å². The minimum Gasteiger partial charge on any atom is -0.303 e. The first-order valence-electron chi connectivity index (χ1n) is 2.26. The van der Waals surface area contributed by atoms with Gasteiger partial charge in [-0.3, -0.25) is 0 Å². The lowest BCUT2D eigenvalue weighted by molar-refractivity contribution is -0.107. The van der Waals surface area contributed by atoms with Crippen LogP contribution in [0.1, 0.15) is 21.1 Å². The Labute approximate surface area is 33.4 Å². The van der Waals surface area contributed by atoms with E-state index in [4.69, 9.17) is 1.37 Å². The van der Waals surface area contributed by atoms with Crippen molar-refractivity contribution in [2.45, 2.75) is 19.8 Å². The van der Waals surface area contributed by atoms with Crippen molar-refractivity contribution < 1.29 is 6.17 Å². The average Bonchev–Trinajstić information content (AvgIpc) is 1.35. The van der Waals surface area contributed by atoms with Gasteiger partial charge >= 0.3 is 0 Å². The van der Waals surface area contributed by atoms with Gasteiger partial charge in [-0.1, -0.05) is 6.92 Å². The number of carbonyl (C=O) groups excluding carboxylic acids is 1. The van der Waals surface area contributed by atoms with Gasteiger partial charge in [0.1, 0.15) is 7.63 Å². The van der Waals surface area contributed by atoms with Gasteiger partial charge in [0.25, 0.3) is 0 Å². The molecule has 0 aromatic carbocycles. The van der Waals surface area contributed by atoms with Crippen LogP contribution in [-0.4, -0.2) is 6.26 Å². The first-order valence-corrected chi connectivity index (χ1v) is 1.76. The number of hydrogen-bond donors (Lipinski definition) is 0. The van der Waals surface area contributed by atoms with Crippen LogP contribution in [0.15, 0.2) is 0 Å². The summed E-state index contributed by atoms with van der Waals surface area (Å²) in [7, 11) is 0. The molecule has 0 atom stereocenters. The molecule has 0 saturated carbocycles. The van der Waals surface area contributed by atoms with Crippen LogP contribution in [0.3, 0.4) is 0 Å². The minimum atomic E-state index is -0.461. The normalized spacial score (nSPS) is 10.2. The SMILES string of the molecule is [3H]C(=O)CCC. The zero-order valence-corrected chi connectivity index (χ0v) is 3.32. The fraction of sp³-hybridized carbons (Fsp3) is 0.750. The zero-order valence-electron chi connectivity index (χ0n) is 4.32. The summed E-state index contributed by atoms with van der Waals surface area (Å²) < 4.78 is 6.34. The second-order valence-electron chi connectivity index (χ2n) is 0.894. The first kappa shape index (κ1) is 2.88. The van der Waals surface area contributed by atoms with E-state index in [0.29, 0.717) is 6.42 Å². The molecule has 0 spiro atoms. The Morgan fingerprint density at radius 3 is 2.80 bits per heavy atom. The number of rotatable bonds is 2. The highest BCUT2D eigenvalue weighted by atomic mass is 16.1. The molecule has 0 aromatic rings. The van der Waals surface area contributed by atoms with Crippen molar-refractivity contribution in [2.75, 3.05) is 0 Å². The third kappa shape index (κ3) is 3.67. The van der Waals surface area contributed by atoms with Gasteiger partial charge in [-0.15, -0.1) is 0 Å². The molecule has 0 rings (SSSR count). The highest BCUT2D eigenvalue weighted by molar-refractivity contribution is 5.48. The zero-order chi connectivity index (χ0) is 4.99. The Balaban J connectivity index is 2.83. The quantitative estimate of drug-likeness (QED) is 0.446. The molecule has 0 fully saturated rings. The molecule has 0 unspecified atom stereocenters. The van der Waals surface area contributed by atoms with Crippen LogP contribution in [0.2, 0.25) is 0 Å². The van der Waals surface area contributed by atoms with Crippen LogP contribution < -0.4 is 0 Å². The number of hydrogen-bond acceptors (Lipinski definition) is 1. The van der Waals surface area contributed by atoms with Gasteiger partial charge in [0.2, 0.25) is 0 Å². The maximum absolute atomic E-state index is 9.71. The Morgan fingerprint density at radius 1 is 2.20 bits per heavy atom. The smallest absolute Gasteiger partial charge is 0.119 e. The summed E-state index contributed by atoms with van der Waals surface area (Å²) in [5.74, 6) is 0. The summed E-state index contributed by atoms with van der Waals surface area (Å²) in [6.07, 6.45) is 0.736. The van der Waals surface area contributed by atoms with E-state index in [2.05, 4.69) is 0 Å². The molecule has 0 heterocycles. The van der Waals surface area contributed by atoms with E-state index < -0.39 is 6.26 Å². The van der Waals surface area contributed by atoms with Crippen molar-refractivity contribution in [1.29, 1.82) is 0 Å². The van der Waals surface area contributed by atoms with Crippen LogP contribution in [-0.2, 0) is 4.79 Å². The van der Waals surface area contributed by atoms with E-state index in [1.54, 1.807) is 0 Å². The molecule has 0 bridgehead atoms. The third-order valence-corrected chi connectivity index (χ3v) is 0.352. The average molecular weight is 74.1 g/mol. The minimum absolute atomic E-state index is 0.403. The molecular formula is C4H8O. The first-order chi connectivity index (χ1) is 2.77. The van der Waals surface area contributed by atoms with Crippen molar-refractivity contribution in [2.24, 2.45) is 0 Å². The Morgan fingerprint density at radius 2 is 2.80 bits per heavy atom. The summed E-state index contributed by atoms with van der Waals surface area (Å²) in [5.41, 5.74) is 0. The largest absolute Gasteiger partial charge is 0.303 e. The summed E-state index contributed by atoms with van der Waals surface area (Å²) in [6.45, 7) is 1.88. The Kier molecular flexibility index (Phi) is 2.12. The predicted molar refractivity (Wildman–Crippen MR) is 21.0 cm³/mol. The molecule has 0 saturated heterocycles. The molecule has 0 aromatic heterocycles. The fourth-order valence-electron chi connectivity index (χ4n) is 0.102. The van der Waals surface area contributed by atoms with Crippen molar-refractivity contribution in [3.63, 3.8) is 0 Å². The van der Waals surface area contributed by atoms with Gasteiger partial charge in [0, 0.05) is 6.42 Å². The van der Waals surface area contributed by atoms with Crippen LogP contribution >= 0.6 is 0 Å². The standard InChI is InChI=1S/C4H8O/c1-2-3-4-5/h4H,2-3H2,1H3/i4T. The Bertz CT molecular complexity index is 51.5. The molecule has 30 valence electrons. The molecule has 0 aliphatic carbocycles. The van der Waals surface area contributed by atoms with Crippen molar-refractivity contribution in [3.8, 4) is 0 Å². The monoisotopic (exact) mass is 74.1 g/mol. The summed E-state index contributed by atoms with van der Waals surface area (Å²) in [6, 6.07) is 0. The molecule has 5 heavy (non-hydrogen) atoms. The van der Waals surface area contributed by atoms with Crippen LogP contribution in [0.25, 0.3) is 0 Å². The molecule has 0 aliphatic heterocycles. The van der Waals surface area contributed by atoms with Gasteiger partial charge in [0.15, 0.2) is 0 Å². The third-order valence-electron chi connectivity index (χ3n) is 0.352. The van der Waals surface area contributed by atoms with Crippen molar-refractivity contribution in [1.82, 2.24) is 0 Å². The summed E-state index contributed by atoms with van der Waals surface area (Å²) >= 11 is 0. The molecule has 1 heteroatoms. The number of aldehydes is 1. The lowest BCUT2D eigenvalue weighted by Crippen LogP contribution is -1.64. The topological polar surface area (TPSA) is 17.1 Å². The lowest BCUT2D eigenvalue weighted by atomic mass is 10.4. The van der Waals surface area contributed by atoms with Crippen LogP contribution in [0, 0.1) is 0 Å². The Hall–Kier alpha value is -0.330.